The van der Waals surface area contributed by atoms with Gasteiger partial charge in [0.05, 0.1) is 13.2 Å². The number of nitrogens with one attached hydrogen (secondary N) is 2. The number of aliphatic hydroxyl groups is 1. The number of carbonyl (C=O) groups excluding carboxylic acids is 1. The molecule has 4 N–H and O–H groups in total. The Balaban J connectivity index is 2.17. The molecule has 1 fully saturated rings. The van der Waals surface area contributed by atoms with Crippen LogP contribution >= 0.6 is 0 Å². The Labute approximate surface area is 111 Å². The number of carboxylic acids is 1. The molecule has 8 nitrogen and oxygen atoms in total. The molecule has 110 valence electrons. The molecule has 0 bridgehead atoms. The predicted octanol–water partition coefficient (Wildman–Crippen LogP) is -1.55. The Kier molecular flexibility index (Phi) is 7.16. The molecular weight excluding hydrogens is 254 g/mol. The Bertz CT molecular complexity index is 294. The van der Waals surface area contributed by atoms with Gasteiger partial charge in [-0.3, -0.25) is 4.90 Å². The van der Waals surface area contributed by atoms with Crippen LogP contribution in [0.5, 0.6) is 0 Å². The molecule has 0 aromatic carbocycles. The molecule has 0 spiro atoms. The molecule has 0 aliphatic carbocycles. The SMILES string of the molecule is O=C(NCCN1CCOCC1)N[C@@H](CCO)C(=O)O. The summed E-state index contributed by atoms with van der Waals surface area (Å²) in [6.45, 7) is 3.93. The second-order valence-corrected chi connectivity index (χ2v) is 4.26. The Morgan fingerprint density at radius 3 is 2.58 bits per heavy atom. The molecule has 0 aromatic rings. The average Bonchev–Trinajstić information content (AvgIpc) is 2.39. The van der Waals surface area contributed by atoms with Crippen LogP contribution in [0.2, 0.25) is 0 Å². The molecule has 1 saturated heterocycles. The van der Waals surface area contributed by atoms with Crippen LogP contribution in [-0.2, 0) is 9.53 Å². The fourth-order valence-electron chi connectivity index (χ4n) is 1.75. The third kappa shape index (κ3) is 6.37. The zero-order valence-electron chi connectivity index (χ0n) is 10.8. The highest BCUT2D eigenvalue weighted by atomic mass is 16.5. The molecule has 0 radical (unpaired) electrons. The van der Waals surface area contributed by atoms with E-state index in [2.05, 4.69) is 15.5 Å². The van der Waals surface area contributed by atoms with Crippen molar-refractivity contribution in [3.8, 4) is 0 Å². The van der Waals surface area contributed by atoms with Crippen LogP contribution in [0.25, 0.3) is 0 Å². The summed E-state index contributed by atoms with van der Waals surface area (Å²) >= 11 is 0. The lowest BCUT2D eigenvalue weighted by Gasteiger charge is -2.26. The summed E-state index contributed by atoms with van der Waals surface area (Å²) < 4.78 is 5.20. The van der Waals surface area contributed by atoms with E-state index >= 15 is 0 Å². The quantitative estimate of drug-likeness (QED) is 0.448. The summed E-state index contributed by atoms with van der Waals surface area (Å²) in [4.78, 5) is 24.4. The van der Waals surface area contributed by atoms with Crippen molar-refractivity contribution >= 4 is 12.0 Å². The lowest BCUT2D eigenvalue weighted by Crippen LogP contribution is -2.48. The summed E-state index contributed by atoms with van der Waals surface area (Å²) in [5.74, 6) is -1.16. The molecule has 8 heteroatoms. The van der Waals surface area contributed by atoms with Crippen molar-refractivity contribution in [2.75, 3.05) is 46.0 Å². The maximum absolute atomic E-state index is 11.5. The second kappa shape index (κ2) is 8.68. The van der Waals surface area contributed by atoms with E-state index in [1.807, 2.05) is 0 Å². The van der Waals surface area contributed by atoms with Crippen molar-refractivity contribution in [1.29, 1.82) is 0 Å². The minimum absolute atomic E-state index is 0.00772. The van der Waals surface area contributed by atoms with Gasteiger partial charge in [-0.25, -0.2) is 9.59 Å². The number of carbonyl (C=O) groups is 2. The van der Waals surface area contributed by atoms with E-state index in [9.17, 15) is 9.59 Å². The maximum atomic E-state index is 11.5. The molecule has 0 aromatic heterocycles. The number of hydrogen-bond donors (Lipinski definition) is 4. The number of rotatable bonds is 7. The van der Waals surface area contributed by atoms with Crippen LogP contribution in [0.15, 0.2) is 0 Å². The van der Waals surface area contributed by atoms with Gasteiger partial charge in [0, 0.05) is 39.2 Å². The van der Waals surface area contributed by atoms with Gasteiger partial charge in [0.2, 0.25) is 0 Å². The summed E-state index contributed by atoms with van der Waals surface area (Å²) in [5, 5.41) is 22.4. The monoisotopic (exact) mass is 275 g/mol. The lowest BCUT2D eigenvalue weighted by atomic mass is 10.2. The lowest BCUT2D eigenvalue weighted by molar-refractivity contribution is -0.139. The van der Waals surface area contributed by atoms with Crippen molar-refractivity contribution < 1.29 is 24.5 Å². The second-order valence-electron chi connectivity index (χ2n) is 4.26. The number of nitrogens with zero attached hydrogens (tertiary/aromatic N) is 1. The van der Waals surface area contributed by atoms with Gasteiger partial charge < -0.3 is 25.6 Å². The summed E-state index contributed by atoms with van der Waals surface area (Å²) in [7, 11) is 0. The summed E-state index contributed by atoms with van der Waals surface area (Å²) in [5.41, 5.74) is 0. The van der Waals surface area contributed by atoms with Crippen LogP contribution in [-0.4, -0.2) is 79.2 Å². The molecule has 1 rings (SSSR count). The van der Waals surface area contributed by atoms with Gasteiger partial charge in [-0.1, -0.05) is 0 Å². The molecule has 1 atom stereocenters. The number of aliphatic hydroxyl groups excluding tert-OH is 1. The first kappa shape index (κ1) is 15.7. The summed E-state index contributed by atoms with van der Waals surface area (Å²) in [6, 6.07) is -1.59. The van der Waals surface area contributed by atoms with Gasteiger partial charge in [0.25, 0.3) is 0 Å². The van der Waals surface area contributed by atoms with E-state index in [1.54, 1.807) is 0 Å². The van der Waals surface area contributed by atoms with Crippen molar-refractivity contribution in [2.45, 2.75) is 12.5 Å². The normalized spacial score (nSPS) is 17.7. The Morgan fingerprint density at radius 2 is 2.00 bits per heavy atom. The molecule has 1 aliphatic rings. The van der Waals surface area contributed by atoms with E-state index in [0.29, 0.717) is 26.3 Å². The molecule has 0 unspecified atom stereocenters. The van der Waals surface area contributed by atoms with Crippen LogP contribution in [0, 0.1) is 0 Å². The zero-order chi connectivity index (χ0) is 14.1. The Hall–Kier alpha value is -1.38. The number of urea groups is 1. The number of amides is 2. The van der Waals surface area contributed by atoms with Gasteiger partial charge >= 0.3 is 12.0 Å². The van der Waals surface area contributed by atoms with Crippen molar-refractivity contribution in [2.24, 2.45) is 0 Å². The third-order valence-electron chi connectivity index (χ3n) is 2.84. The van der Waals surface area contributed by atoms with Gasteiger partial charge in [0.15, 0.2) is 0 Å². The number of hydrogen-bond acceptors (Lipinski definition) is 5. The molecule has 0 saturated carbocycles. The molecule has 1 aliphatic heterocycles. The number of carboxylic acid groups (broad SMARTS) is 1. The minimum Gasteiger partial charge on any atom is -0.480 e. The first-order valence-electron chi connectivity index (χ1n) is 6.31. The first-order valence-corrected chi connectivity index (χ1v) is 6.31. The third-order valence-corrected chi connectivity index (χ3v) is 2.84. The van der Waals surface area contributed by atoms with Crippen LogP contribution in [0.1, 0.15) is 6.42 Å². The highest BCUT2D eigenvalue weighted by molar-refractivity contribution is 5.82. The van der Waals surface area contributed by atoms with Gasteiger partial charge in [-0.05, 0) is 0 Å². The molecule has 19 heavy (non-hydrogen) atoms. The molecule has 1 heterocycles. The van der Waals surface area contributed by atoms with Crippen LogP contribution in [0.4, 0.5) is 4.79 Å². The highest BCUT2D eigenvalue weighted by Gasteiger charge is 2.19. The van der Waals surface area contributed by atoms with Gasteiger partial charge in [0.1, 0.15) is 6.04 Å². The van der Waals surface area contributed by atoms with E-state index in [1.165, 1.54) is 0 Å². The first-order chi connectivity index (χ1) is 9.13. The van der Waals surface area contributed by atoms with Crippen molar-refractivity contribution in [3.63, 3.8) is 0 Å². The zero-order valence-corrected chi connectivity index (χ0v) is 10.8. The average molecular weight is 275 g/mol. The van der Waals surface area contributed by atoms with Crippen LogP contribution < -0.4 is 10.6 Å². The number of aliphatic carboxylic acids is 1. The van der Waals surface area contributed by atoms with Gasteiger partial charge in [-0.2, -0.15) is 0 Å². The smallest absolute Gasteiger partial charge is 0.326 e. The predicted molar refractivity (Wildman–Crippen MR) is 66.9 cm³/mol. The number of ether oxygens (including phenoxy) is 1. The summed E-state index contributed by atoms with van der Waals surface area (Å²) in [6.07, 6.45) is -0.00772. The van der Waals surface area contributed by atoms with E-state index in [0.717, 1.165) is 13.1 Å². The highest BCUT2D eigenvalue weighted by Crippen LogP contribution is 1.95. The maximum Gasteiger partial charge on any atom is 0.326 e. The standard InChI is InChI=1S/C11H21N3O5/c15-6-1-9(10(16)17)13-11(18)12-2-3-14-4-7-19-8-5-14/h9,15H,1-8H2,(H,16,17)(H2,12,13,18)/t9-/m0/s1. The fourth-order valence-corrected chi connectivity index (χ4v) is 1.75. The van der Waals surface area contributed by atoms with E-state index in [4.69, 9.17) is 14.9 Å². The topological polar surface area (TPSA) is 111 Å². The van der Waals surface area contributed by atoms with Crippen LogP contribution in [0.3, 0.4) is 0 Å². The largest absolute Gasteiger partial charge is 0.480 e. The Morgan fingerprint density at radius 1 is 1.32 bits per heavy atom. The molecular formula is C11H21N3O5. The van der Waals surface area contributed by atoms with E-state index < -0.39 is 18.0 Å². The van der Waals surface area contributed by atoms with E-state index in [-0.39, 0.29) is 13.0 Å². The fraction of sp³-hybridized carbons (Fsp3) is 0.818. The van der Waals surface area contributed by atoms with Gasteiger partial charge in [-0.15, -0.1) is 0 Å². The van der Waals surface area contributed by atoms with Crippen molar-refractivity contribution in [1.82, 2.24) is 15.5 Å². The number of morpholine rings is 1. The van der Waals surface area contributed by atoms with Crippen molar-refractivity contribution in [3.05, 3.63) is 0 Å². The molecule has 2 amide bonds. The minimum atomic E-state index is -1.16.